The van der Waals surface area contributed by atoms with Crippen LogP contribution in [0.25, 0.3) is 10.9 Å². The third kappa shape index (κ3) is 6.28. The van der Waals surface area contributed by atoms with Crippen LogP contribution in [0, 0.1) is 5.82 Å². The highest BCUT2D eigenvalue weighted by Gasteiger charge is 2.24. The molecule has 0 spiro atoms. The summed E-state index contributed by atoms with van der Waals surface area (Å²) in [5.41, 5.74) is 13.2. The largest absolute Gasteiger partial charge is 0.379 e. The van der Waals surface area contributed by atoms with Gasteiger partial charge in [0.1, 0.15) is 5.82 Å². The van der Waals surface area contributed by atoms with E-state index >= 15 is 0 Å². The van der Waals surface area contributed by atoms with Crippen LogP contribution < -0.4 is 22.1 Å². The topological polar surface area (TPSA) is 142 Å². The van der Waals surface area contributed by atoms with Crippen molar-refractivity contribution in [1.29, 1.82) is 0 Å². The fourth-order valence-electron chi connectivity index (χ4n) is 4.37. The van der Waals surface area contributed by atoms with Gasteiger partial charge < -0.3 is 31.6 Å². The number of fused-ring (bicyclic) bond motifs is 1. The van der Waals surface area contributed by atoms with E-state index in [-0.39, 0.29) is 29.3 Å². The maximum Gasteiger partial charge on any atom is 0.252 e. The number of nitrogens with two attached hydrogens (primary N) is 2. The van der Waals surface area contributed by atoms with Crippen molar-refractivity contribution in [1.82, 2.24) is 14.8 Å². The van der Waals surface area contributed by atoms with Gasteiger partial charge in [0.2, 0.25) is 0 Å². The van der Waals surface area contributed by atoms with E-state index in [0.717, 1.165) is 42.7 Å². The van der Waals surface area contributed by atoms with Crippen molar-refractivity contribution in [2.75, 3.05) is 37.1 Å². The molecule has 1 aliphatic carbocycles. The minimum atomic E-state index is -0.778. The summed E-state index contributed by atoms with van der Waals surface area (Å²) in [5.74, 6) is -1.22. The predicted octanol–water partition coefficient (Wildman–Crippen LogP) is 3.15. The van der Waals surface area contributed by atoms with Crippen molar-refractivity contribution in [2.24, 2.45) is 11.5 Å². The zero-order valence-corrected chi connectivity index (χ0v) is 20.5. The van der Waals surface area contributed by atoms with E-state index in [9.17, 15) is 9.18 Å². The lowest BCUT2D eigenvalue weighted by Gasteiger charge is -2.30. The lowest BCUT2D eigenvalue weighted by atomic mass is 9.91. The van der Waals surface area contributed by atoms with Crippen LogP contribution in [0.1, 0.15) is 43.0 Å². The molecule has 2 unspecified atom stereocenters. The number of primary amides is 1. The van der Waals surface area contributed by atoms with Crippen LogP contribution in [-0.2, 0) is 16.0 Å². The molecule has 3 aromatic rings. The van der Waals surface area contributed by atoms with Gasteiger partial charge >= 0.3 is 0 Å². The third-order valence-electron chi connectivity index (χ3n) is 6.31. The van der Waals surface area contributed by atoms with Crippen LogP contribution in [0.15, 0.2) is 30.5 Å². The van der Waals surface area contributed by atoms with Gasteiger partial charge in [-0.05, 0) is 44.0 Å². The molecule has 2 atom stereocenters. The number of ether oxygens (including phenoxy) is 2. The molecule has 0 radical (unpaired) electrons. The first-order chi connectivity index (χ1) is 17.5. The Labute approximate surface area is 209 Å². The van der Waals surface area contributed by atoms with Crippen molar-refractivity contribution in [3.05, 3.63) is 41.8 Å². The molecule has 1 fully saturated rings. The zero-order chi connectivity index (χ0) is 25.5. The van der Waals surface area contributed by atoms with E-state index in [1.54, 1.807) is 6.20 Å². The van der Waals surface area contributed by atoms with Gasteiger partial charge in [0.25, 0.3) is 5.91 Å². The quantitative estimate of drug-likeness (QED) is 0.278. The van der Waals surface area contributed by atoms with Gasteiger partial charge in [-0.25, -0.2) is 9.37 Å². The molecule has 1 amide bonds. The number of carbonyl (C=O) groups is 1. The number of nitrogens with zero attached hydrogens (tertiary/aromatic N) is 3. The van der Waals surface area contributed by atoms with Gasteiger partial charge in [0, 0.05) is 29.8 Å². The number of amides is 1. The number of rotatable bonds is 12. The van der Waals surface area contributed by atoms with E-state index in [2.05, 4.69) is 20.7 Å². The number of hydrogen-bond donors (Lipinski definition) is 4. The van der Waals surface area contributed by atoms with Crippen LogP contribution in [0.2, 0.25) is 0 Å². The SMILES string of the molecule is CCOCCOCCn1ncc2ccc(Nc3nc(NC4CCCCC4N)c(F)cc3C(N)=O)cc21. The maximum atomic E-state index is 14.8. The molecule has 36 heavy (non-hydrogen) atoms. The first-order valence-corrected chi connectivity index (χ1v) is 12.4. The molecule has 1 aromatic carbocycles. The van der Waals surface area contributed by atoms with Gasteiger partial charge in [-0.1, -0.05) is 12.8 Å². The Bertz CT molecular complexity index is 1190. The van der Waals surface area contributed by atoms with Gasteiger partial charge in [-0.2, -0.15) is 5.10 Å². The van der Waals surface area contributed by atoms with Crippen molar-refractivity contribution in [3.8, 4) is 0 Å². The fraction of sp³-hybridized carbons (Fsp3) is 0.480. The summed E-state index contributed by atoms with van der Waals surface area (Å²) in [6, 6.07) is 6.57. The maximum absolute atomic E-state index is 14.8. The Balaban J connectivity index is 1.53. The lowest BCUT2D eigenvalue weighted by Crippen LogP contribution is -2.43. The monoisotopic (exact) mass is 499 g/mol. The first-order valence-electron chi connectivity index (χ1n) is 12.4. The molecular weight excluding hydrogens is 465 g/mol. The highest BCUT2D eigenvalue weighted by molar-refractivity contribution is 5.99. The summed E-state index contributed by atoms with van der Waals surface area (Å²) >= 11 is 0. The number of pyridine rings is 1. The number of halogens is 1. The molecule has 0 saturated heterocycles. The minimum absolute atomic E-state index is 0.0395. The smallest absolute Gasteiger partial charge is 0.252 e. The molecule has 1 saturated carbocycles. The van der Waals surface area contributed by atoms with Gasteiger partial charge in [0.15, 0.2) is 11.6 Å². The van der Waals surface area contributed by atoms with Crippen LogP contribution in [-0.4, -0.2) is 59.2 Å². The highest BCUT2D eigenvalue weighted by Crippen LogP contribution is 2.28. The molecule has 10 nitrogen and oxygen atoms in total. The molecule has 6 N–H and O–H groups in total. The second-order valence-corrected chi connectivity index (χ2v) is 8.85. The predicted molar refractivity (Wildman–Crippen MR) is 137 cm³/mol. The summed E-state index contributed by atoms with van der Waals surface area (Å²) in [7, 11) is 0. The van der Waals surface area contributed by atoms with Crippen molar-refractivity contribution >= 4 is 34.1 Å². The summed E-state index contributed by atoms with van der Waals surface area (Å²) < 4.78 is 27.5. The molecule has 194 valence electrons. The summed E-state index contributed by atoms with van der Waals surface area (Å²) in [6.45, 7) is 4.74. The molecule has 0 bridgehead atoms. The molecule has 4 rings (SSSR count). The van der Waals surface area contributed by atoms with Crippen molar-refractivity contribution in [3.63, 3.8) is 0 Å². The minimum Gasteiger partial charge on any atom is -0.379 e. The van der Waals surface area contributed by atoms with Gasteiger partial charge in [0.05, 0.1) is 43.6 Å². The Kier molecular flexibility index (Phi) is 8.68. The summed E-state index contributed by atoms with van der Waals surface area (Å²) in [4.78, 5) is 16.4. The number of anilines is 3. The molecule has 11 heteroatoms. The molecule has 1 aliphatic rings. The molecule has 2 aromatic heterocycles. The average Bonchev–Trinajstić information content (AvgIpc) is 3.26. The van der Waals surface area contributed by atoms with Crippen molar-refractivity contribution < 1.29 is 18.7 Å². The highest BCUT2D eigenvalue weighted by atomic mass is 19.1. The normalized spacial score (nSPS) is 17.9. The van der Waals surface area contributed by atoms with E-state index in [1.165, 1.54) is 0 Å². The Morgan fingerprint density at radius 3 is 2.75 bits per heavy atom. The van der Waals surface area contributed by atoms with Crippen LogP contribution in [0.3, 0.4) is 0 Å². The Morgan fingerprint density at radius 2 is 1.97 bits per heavy atom. The number of hydrogen-bond acceptors (Lipinski definition) is 8. The van der Waals surface area contributed by atoms with E-state index in [1.807, 2.05) is 29.8 Å². The average molecular weight is 500 g/mol. The van der Waals surface area contributed by atoms with Crippen molar-refractivity contribution in [2.45, 2.75) is 51.2 Å². The Hall–Kier alpha value is -3.28. The Morgan fingerprint density at radius 1 is 1.17 bits per heavy atom. The molecule has 2 heterocycles. The van der Waals surface area contributed by atoms with E-state index in [0.29, 0.717) is 38.7 Å². The van der Waals surface area contributed by atoms with Crippen LogP contribution >= 0.6 is 0 Å². The molecular formula is C25H34FN7O3. The summed E-state index contributed by atoms with van der Waals surface area (Å²) in [5, 5.41) is 11.6. The van der Waals surface area contributed by atoms with E-state index < -0.39 is 11.7 Å². The first kappa shape index (κ1) is 25.8. The third-order valence-corrected chi connectivity index (χ3v) is 6.31. The lowest BCUT2D eigenvalue weighted by molar-refractivity contribution is 0.0491. The van der Waals surface area contributed by atoms with E-state index in [4.69, 9.17) is 20.9 Å². The second-order valence-electron chi connectivity index (χ2n) is 8.85. The fourth-order valence-corrected chi connectivity index (χ4v) is 4.37. The summed E-state index contributed by atoms with van der Waals surface area (Å²) in [6.07, 6.45) is 5.55. The zero-order valence-electron chi connectivity index (χ0n) is 20.5. The van der Waals surface area contributed by atoms with Gasteiger partial charge in [-0.15, -0.1) is 0 Å². The number of carbonyl (C=O) groups excluding carboxylic acids is 1. The van der Waals surface area contributed by atoms with Crippen LogP contribution in [0.4, 0.5) is 21.7 Å². The van der Waals surface area contributed by atoms with Gasteiger partial charge in [-0.3, -0.25) is 9.48 Å². The second kappa shape index (κ2) is 12.1. The standard InChI is InChI=1S/C25H34FN7O3/c1-2-35-11-12-36-10-9-33-22-13-17(8-7-16(22)15-29-33)30-24-18(23(28)34)14-19(26)25(32-24)31-21-6-4-3-5-20(21)27/h7-8,13-15,20-21H,2-6,9-12,27H2,1H3,(H2,28,34)(H2,30,31,32). The number of nitrogens with one attached hydrogen (secondary N) is 2. The molecule has 0 aliphatic heterocycles. The number of benzene rings is 1. The number of aromatic nitrogens is 3. The van der Waals surface area contributed by atoms with Crippen LogP contribution in [0.5, 0.6) is 0 Å².